The normalized spacial score (nSPS) is 10.2. The fraction of sp³-hybridized carbons (Fsp3) is 0.267. The molecule has 0 aliphatic carbocycles. The first-order valence-corrected chi connectivity index (χ1v) is 7.27. The van der Waals surface area contributed by atoms with Crippen molar-refractivity contribution in [1.29, 1.82) is 0 Å². The third-order valence-electron chi connectivity index (χ3n) is 2.81. The zero-order valence-electron chi connectivity index (χ0n) is 12.1. The first-order valence-electron chi connectivity index (χ1n) is 6.39. The predicted molar refractivity (Wildman–Crippen MR) is 81.7 cm³/mol. The molecule has 1 N–H and O–H groups in total. The van der Waals surface area contributed by atoms with Crippen molar-refractivity contribution in [2.75, 3.05) is 12.4 Å². The number of hydrogen-bond acceptors (Lipinski definition) is 5. The van der Waals surface area contributed by atoms with Crippen LogP contribution in [-0.4, -0.2) is 24.0 Å². The number of esters is 1. The van der Waals surface area contributed by atoms with Gasteiger partial charge < -0.3 is 4.74 Å². The summed E-state index contributed by atoms with van der Waals surface area (Å²) in [5.74, 6) is -0.562. The van der Waals surface area contributed by atoms with Gasteiger partial charge in [0, 0.05) is 10.9 Å². The third kappa shape index (κ3) is 4.13. The number of nitrogens with one attached hydrogen (secondary N) is 1. The molecule has 0 fully saturated rings. The van der Waals surface area contributed by atoms with E-state index in [2.05, 4.69) is 15.0 Å². The van der Waals surface area contributed by atoms with Crippen LogP contribution in [0.5, 0.6) is 0 Å². The second-order valence-corrected chi connectivity index (χ2v) is 5.59. The Kier molecular flexibility index (Phi) is 4.70. The Bertz CT molecular complexity index is 659. The van der Waals surface area contributed by atoms with Gasteiger partial charge in [-0.15, -0.1) is 11.3 Å². The van der Waals surface area contributed by atoms with Crippen LogP contribution in [0.3, 0.4) is 0 Å². The zero-order valence-corrected chi connectivity index (χ0v) is 12.9. The van der Waals surface area contributed by atoms with Gasteiger partial charge in [0.2, 0.25) is 0 Å². The predicted octanol–water partition coefficient (Wildman–Crippen LogP) is 2.73. The lowest BCUT2D eigenvalue weighted by molar-refractivity contribution is -0.139. The van der Waals surface area contributed by atoms with Gasteiger partial charge in [0.25, 0.3) is 5.91 Å². The highest BCUT2D eigenvalue weighted by atomic mass is 32.1. The van der Waals surface area contributed by atoms with Gasteiger partial charge in [-0.2, -0.15) is 0 Å². The highest BCUT2D eigenvalue weighted by Gasteiger charge is 2.11. The van der Waals surface area contributed by atoms with Crippen LogP contribution in [0.25, 0.3) is 0 Å². The van der Waals surface area contributed by atoms with Crippen molar-refractivity contribution in [2.45, 2.75) is 20.3 Å². The number of ether oxygens (including phenoxy) is 1. The van der Waals surface area contributed by atoms with Gasteiger partial charge >= 0.3 is 5.97 Å². The van der Waals surface area contributed by atoms with Crippen LogP contribution in [0.15, 0.2) is 23.6 Å². The largest absolute Gasteiger partial charge is 0.469 e. The van der Waals surface area contributed by atoms with E-state index >= 15 is 0 Å². The average molecular weight is 304 g/mol. The quantitative estimate of drug-likeness (QED) is 0.882. The van der Waals surface area contributed by atoms with E-state index in [1.165, 1.54) is 18.4 Å². The molecular formula is C15H16N2O3S. The maximum atomic E-state index is 12.2. The Morgan fingerprint density at radius 3 is 2.52 bits per heavy atom. The number of anilines is 1. The Labute approximate surface area is 127 Å². The highest BCUT2D eigenvalue weighted by Crippen LogP contribution is 2.18. The molecule has 1 amide bonds. The van der Waals surface area contributed by atoms with Gasteiger partial charge in [0.1, 0.15) is 0 Å². The smallest absolute Gasteiger partial charge is 0.311 e. The Morgan fingerprint density at radius 2 is 1.90 bits per heavy atom. The van der Waals surface area contributed by atoms with Crippen LogP contribution in [0.2, 0.25) is 0 Å². The Hall–Kier alpha value is -2.21. The number of methoxy groups -OCH3 is 1. The van der Waals surface area contributed by atoms with Crippen LogP contribution < -0.4 is 5.32 Å². The molecular weight excluding hydrogens is 288 g/mol. The van der Waals surface area contributed by atoms with E-state index in [1.807, 2.05) is 32.0 Å². The van der Waals surface area contributed by atoms with E-state index in [4.69, 9.17) is 0 Å². The number of rotatable bonds is 4. The zero-order chi connectivity index (χ0) is 15.4. The van der Waals surface area contributed by atoms with Crippen LogP contribution in [-0.2, 0) is 16.0 Å². The lowest BCUT2D eigenvalue weighted by atomic mass is 10.1. The topological polar surface area (TPSA) is 68.3 Å². The highest BCUT2D eigenvalue weighted by molar-refractivity contribution is 7.14. The van der Waals surface area contributed by atoms with Crippen LogP contribution >= 0.6 is 11.3 Å². The molecule has 0 radical (unpaired) electrons. The average Bonchev–Trinajstić information content (AvgIpc) is 2.84. The van der Waals surface area contributed by atoms with Gasteiger partial charge in [0.05, 0.1) is 19.2 Å². The van der Waals surface area contributed by atoms with E-state index in [0.29, 0.717) is 16.4 Å². The standard InChI is InChI=1S/C15H16N2O3S/c1-9-4-10(2)6-11(5-9)14(19)17-15-16-12(8-21-15)7-13(18)20-3/h4-6,8H,7H2,1-3H3,(H,16,17,19). The van der Waals surface area contributed by atoms with Crippen molar-refractivity contribution < 1.29 is 14.3 Å². The van der Waals surface area contributed by atoms with Gasteiger partial charge in [-0.1, -0.05) is 17.2 Å². The summed E-state index contributed by atoms with van der Waals surface area (Å²) in [5.41, 5.74) is 3.25. The number of hydrogen-bond donors (Lipinski definition) is 1. The summed E-state index contributed by atoms with van der Waals surface area (Å²) in [5, 5.41) is 4.94. The number of nitrogens with zero attached hydrogens (tertiary/aromatic N) is 1. The van der Waals surface area contributed by atoms with Crippen molar-refractivity contribution in [3.63, 3.8) is 0 Å². The number of thiazole rings is 1. The molecule has 1 aromatic heterocycles. The molecule has 2 rings (SSSR count). The molecule has 6 heteroatoms. The van der Waals surface area contributed by atoms with Crippen LogP contribution in [0, 0.1) is 13.8 Å². The molecule has 0 bridgehead atoms. The van der Waals surface area contributed by atoms with Gasteiger partial charge in [-0.3, -0.25) is 14.9 Å². The molecule has 0 aliphatic heterocycles. The molecule has 0 saturated carbocycles. The lowest BCUT2D eigenvalue weighted by Gasteiger charge is -2.04. The second-order valence-electron chi connectivity index (χ2n) is 4.73. The van der Waals surface area contributed by atoms with E-state index in [0.717, 1.165) is 11.1 Å². The second kappa shape index (κ2) is 6.49. The summed E-state index contributed by atoms with van der Waals surface area (Å²) in [6.45, 7) is 3.89. The third-order valence-corrected chi connectivity index (χ3v) is 3.62. The molecule has 2 aromatic rings. The minimum absolute atomic E-state index is 0.104. The molecule has 0 atom stereocenters. The minimum Gasteiger partial charge on any atom is -0.469 e. The summed E-state index contributed by atoms with van der Waals surface area (Å²) >= 11 is 1.28. The summed E-state index contributed by atoms with van der Waals surface area (Å²) < 4.78 is 4.58. The first-order chi connectivity index (χ1) is 9.97. The van der Waals surface area contributed by atoms with Gasteiger partial charge in [-0.25, -0.2) is 4.98 Å². The van der Waals surface area contributed by atoms with Crippen molar-refractivity contribution in [3.8, 4) is 0 Å². The molecule has 1 aromatic carbocycles. The molecule has 21 heavy (non-hydrogen) atoms. The van der Waals surface area contributed by atoms with E-state index in [1.54, 1.807) is 5.38 Å². The maximum Gasteiger partial charge on any atom is 0.311 e. The minimum atomic E-state index is -0.354. The summed E-state index contributed by atoms with van der Waals surface area (Å²) in [4.78, 5) is 27.5. The van der Waals surface area contributed by atoms with E-state index in [-0.39, 0.29) is 18.3 Å². The number of carbonyl (C=O) groups excluding carboxylic acids is 2. The number of benzene rings is 1. The molecule has 0 aliphatic rings. The van der Waals surface area contributed by atoms with Crippen LogP contribution in [0.1, 0.15) is 27.2 Å². The van der Waals surface area contributed by atoms with E-state index < -0.39 is 0 Å². The van der Waals surface area contributed by atoms with Crippen molar-refractivity contribution in [3.05, 3.63) is 46.0 Å². The van der Waals surface area contributed by atoms with E-state index in [9.17, 15) is 9.59 Å². The number of carbonyl (C=O) groups is 2. The Balaban J connectivity index is 2.07. The van der Waals surface area contributed by atoms with Crippen LogP contribution in [0.4, 0.5) is 5.13 Å². The summed E-state index contributed by atoms with van der Waals surface area (Å²) in [6, 6.07) is 5.66. The van der Waals surface area contributed by atoms with Crippen molar-refractivity contribution in [2.24, 2.45) is 0 Å². The van der Waals surface area contributed by atoms with Crippen molar-refractivity contribution >= 4 is 28.3 Å². The molecule has 110 valence electrons. The van der Waals surface area contributed by atoms with Gasteiger partial charge in [0.15, 0.2) is 5.13 Å². The molecule has 1 heterocycles. The number of aromatic nitrogens is 1. The SMILES string of the molecule is COC(=O)Cc1csc(NC(=O)c2cc(C)cc(C)c2)n1. The fourth-order valence-corrected chi connectivity index (χ4v) is 2.65. The first kappa shape index (κ1) is 15.2. The molecule has 0 spiro atoms. The monoisotopic (exact) mass is 304 g/mol. The maximum absolute atomic E-state index is 12.2. The summed E-state index contributed by atoms with van der Waals surface area (Å²) in [6.07, 6.45) is 0.104. The molecule has 5 nitrogen and oxygen atoms in total. The molecule has 0 saturated heterocycles. The number of aryl methyl sites for hydroxylation is 2. The summed E-state index contributed by atoms with van der Waals surface area (Å²) in [7, 11) is 1.33. The molecule has 0 unspecified atom stereocenters. The number of amides is 1. The lowest BCUT2D eigenvalue weighted by Crippen LogP contribution is -2.12. The van der Waals surface area contributed by atoms with Crippen molar-refractivity contribution in [1.82, 2.24) is 4.98 Å². The fourth-order valence-electron chi connectivity index (χ4n) is 1.94. The van der Waals surface area contributed by atoms with Gasteiger partial charge in [-0.05, 0) is 26.0 Å². The Morgan fingerprint density at radius 1 is 1.24 bits per heavy atom.